The summed E-state index contributed by atoms with van der Waals surface area (Å²) in [6, 6.07) is 19.5. The van der Waals surface area contributed by atoms with Crippen LogP contribution in [0.2, 0.25) is 0 Å². The lowest BCUT2D eigenvalue weighted by Gasteiger charge is -2.48. The molecule has 5 rings (SSSR count). The van der Waals surface area contributed by atoms with E-state index in [4.69, 9.17) is 4.74 Å². The number of nitrogens with zero attached hydrogens (tertiary/aromatic N) is 2. The summed E-state index contributed by atoms with van der Waals surface area (Å²) in [6.45, 7) is 2.39. The van der Waals surface area contributed by atoms with Crippen molar-refractivity contribution in [2.45, 2.75) is 31.5 Å². The highest BCUT2D eigenvalue weighted by Gasteiger charge is 2.41. The Balaban J connectivity index is 1.35. The second-order valence-corrected chi connectivity index (χ2v) is 8.24. The topological polar surface area (TPSA) is 34.5 Å². The summed E-state index contributed by atoms with van der Waals surface area (Å²) in [4.78, 5) is 15.8. The lowest BCUT2D eigenvalue weighted by atomic mass is 9.80. The quantitative estimate of drug-likeness (QED) is 0.647. The molecular weight excluding hydrogens is 348 g/mol. The third-order valence-electron chi connectivity index (χ3n) is 6.42. The van der Waals surface area contributed by atoms with Gasteiger partial charge in [0.25, 0.3) is 0 Å². The number of fused-ring (bicyclic) bond motifs is 3. The number of carbonyl (C=O) groups is 1. The molecule has 144 valence electrons. The summed E-state index contributed by atoms with van der Waals surface area (Å²) in [6.07, 6.45) is 3.81. The molecule has 0 radical (unpaired) electrons. The minimum Gasteiger partial charge on any atom is -0.378 e. The van der Waals surface area contributed by atoms with Gasteiger partial charge in [0.05, 0.1) is 13.2 Å². The number of piperidine rings is 1. The summed E-state index contributed by atoms with van der Waals surface area (Å²) >= 11 is 0. The first-order valence-electron chi connectivity index (χ1n) is 10.2. The van der Waals surface area contributed by atoms with Crippen molar-refractivity contribution in [2.24, 2.45) is 13.0 Å². The predicted octanol–water partition coefficient (Wildman–Crippen LogP) is 4.04. The highest BCUT2D eigenvalue weighted by Crippen LogP contribution is 2.35. The van der Waals surface area contributed by atoms with Crippen LogP contribution in [0.4, 0.5) is 0 Å². The standard InChI is InChI=1S/C24H26N2O2/c1-25-10-9-18-11-19(7-8-23(18)25)24(27)20-12-21-15-28-16-22(13-20)26(21)14-17-5-3-2-4-6-17/h2-11,20-22H,12-16H2,1H3. The van der Waals surface area contributed by atoms with Crippen molar-refractivity contribution in [1.29, 1.82) is 0 Å². The fourth-order valence-corrected chi connectivity index (χ4v) is 4.93. The van der Waals surface area contributed by atoms with E-state index in [-0.39, 0.29) is 5.92 Å². The SMILES string of the molecule is Cn1ccc2cc(C(=O)C3CC4COCC(C3)N4Cc3ccccc3)ccc21. The average Bonchev–Trinajstić information content (AvgIpc) is 3.08. The van der Waals surface area contributed by atoms with Crippen LogP contribution in [0.1, 0.15) is 28.8 Å². The molecule has 0 saturated carbocycles. The van der Waals surface area contributed by atoms with Crippen LogP contribution in [-0.2, 0) is 18.3 Å². The third-order valence-corrected chi connectivity index (χ3v) is 6.42. The zero-order valence-electron chi connectivity index (χ0n) is 16.3. The Morgan fingerprint density at radius 3 is 2.54 bits per heavy atom. The van der Waals surface area contributed by atoms with Crippen molar-refractivity contribution >= 4 is 16.7 Å². The van der Waals surface area contributed by atoms with Gasteiger partial charge in [0.2, 0.25) is 0 Å². The molecule has 2 fully saturated rings. The summed E-state index contributed by atoms with van der Waals surface area (Å²) < 4.78 is 7.93. The van der Waals surface area contributed by atoms with Gasteiger partial charge in [0, 0.05) is 54.3 Å². The van der Waals surface area contributed by atoms with Gasteiger partial charge in [0.15, 0.2) is 5.78 Å². The van der Waals surface area contributed by atoms with E-state index in [2.05, 4.69) is 58.0 Å². The number of Topliss-reactive ketones (excluding diaryl/α,β-unsaturated/α-hetero) is 1. The summed E-state index contributed by atoms with van der Waals surface area (Å²) in [7, 11) is 2.04. The highest BCUT2D eigenvalue weighted by atomic mass is 16.5. The van der Waals surface area contributed by atoms with E-state index in [9.17, 15) is 4.79 Å². The maximum atomic E-state index is 13.3. The Kier molecular flexibility index (Phi) is 4.53. The van der Waals surface area contributed by atoms with Crippen molar-refractivity contribution < 1.29 is 9.53 Å². The molecule has 2 aliphatic rings. The van der Waals surface area contributed by atoms with E-state index in [1.54, 1.807) is 0 Å². The van der Waals surface area contributed by atoms with Gasteiger partial charge in [-0.1, -0.05) is 30.3 Å². The summed E-state index contributed by atoms with van der Waals surface area (Å²) in [5.74, 6) is 0.383. The molecule has 0 amide bonds. The second kappa shape index (κ2) is 7.19. The van der Waals surface area contributed by atoms with Crippen LogP contribution in [0, 0.1) is 5.92 Å². The van der Waals surface area contributed by atoms with E-state index in [1.807, 2.05) is 19.3 Å². The van der Waals surface area contributed by atoms with Crippen molar-refractivity contribution in [3.05, 3.63) is 71.9 Å². The van der Waals surface area contributed by atoms with Crippen LogP contribution < -0.4 is 0 Å². The van der Waals surface area contributed by atoms with Crippen LogP contribution in [0.5, 0.6) is 0 Å². The Labute approximate surface area is 165 Å². The lowest BCUT2D eigenvalue weighted by molar-refractivity contribution is -0.0872. The fraction of sp³-hybridized carbons (Fsp3) is 0.375. The van der Waals surface area contributed by atoms with E-state index in [1.165, 1.54) is 11.1 Å². The molecule has 3 heterocycles. The largest absolute Gasteiger partial charge is 0.378 e. The minimum atomic E-state index is 0.0899. The van der Waals surface area contributed by atoms with Gasteiger partial charge in [-0.3, -0.25) is 9.69 Å². The maximum absolute atomic E-state index is 13.3. The van der Waals surface area contributed by atoms with Crippen LogP contribution in [0.3, 0.4) is 0 Å². The van der Waals surface area contributed by atoms with Crippen LogP contribution in [-0.4, -0.2) is 40.5 Å². The Hall–Kier alpha value is -2.43. The van der Waals surface area contributed by atoms with Crippen LogP contribution in [0.15, 0.2) is 60.8 Å². The molecular formula is C24H26N2O2. The molecule has 4 heteroatoms. The van der Waals surface area contributed by atoms with E-state index in [0.29, 0.717) is 17.9 Å². The molecule has 0 N–H and O–H groups in total. The van der Waals surface area contributed by atoms with Gasteiger partial charge in [-0.2, -0.15) is 0 Å². The maximum Gasteiger partial charge on any atom is 0.166 e. The average molecular weight is 374 g/mol. The normalized spacial score (nSPS) is 25.1. The Bertz CT molecular complexity index is 980. The van der Waals surface area contributed by atoms with Gasteiger partial charge in [-0.05, 0) is 42.7 Å². The number of rotatable bonds is 4. The molecule has 28 heavy (non-hydrogen) atoms. The molecule has 2 atom stereocenters. The van der Waals surface area contributed by atoms with Crippen molar-refractivity contribution in [3.63, 3.8) is 0 Å². The first-order valence-corrected chi connectivity index (χ1v) is 10.2. The van der Waals surface area contributed by atoms with Crippen LogP contribution in [0.25, 0.3) is 10.9 Å². The number of ketones is 1. The predicted molar refractivity (Wildman–Crippen MR) is 110 cm³/mol. The molecule has 2 aromatic carbocycles. The number of hydrogen-bond donors (Lipinski definition) is 0. The number of ether oxygens (including phenoxy) is 1. The molecule has 4 nitrogen and oxygen atoms in total. The molecule has 2 bridgehead atoms. The number of benzene rings is 2. The Morgan fingerprint density at radius 1 is 1.04 bits per heavy atom. The highest BCUT2D eigenvalue weighted by molar-refractivity contribution is 6.01. The number of hydrogen-bond acceptors (Lipinski definition) is 3. The zero-order chi connectivity index (χ0) is 19.1. The third kappa shape index (κ3) is 3.17. The smallest absolute Gasteiger partial charge is 0.166 e. The Morgan fingerprint density at radius 2 is 1.79 bits per heavy atom. The monoisotopic (exact) mass is 374 g/mol. The summed E-state index contributed by atoms with van der Waals surface area (Å²) in [5.41, 5.74) is 3.34. The van der Waals surface area contributed by atoms with Gasteiger partial charge in [-0.25, -0.2) is 0 Å². The number of aryl methyl sites for hydroxylation is 1. The lowest BCUT2D eigenvalue weighted by Crippen LogP contribution is -2.57. The van der Waals surface area contributed by atoms with Gasteiger partial charge < -0.3 is 9.30 Å². The van der Waals surface area contributed by atoms with E-state index >= 15 is 0 Å². The van der Waals surface area contributed by atoms with Crippen molar-refractivity contribution in [2.75, 3.05) is 13.2 Å². The van der Waals surface area contributed by atoms with E-state index in [0.717, 1.165) is 43.5 Å². The molecule has 2 aliphatic heterocycles. The first kappa shape index (κ1) is 17.7. The fourth-order valence-electron chi connectivity index (χ4n) is 4.93. The second-order valence-electron chi connectivity index (χ2n) is 8.24. The molecule has 3 aromatic rings. The van der Waals surface area contributed by atoms with Crippen molar-refractivity contribution in [3.8, 4) is 0 Å². The minimum absolute atomic E-state index is 0.0899. The number of morpholine rings is 1. The molecule has 2 saturated heterocycles. The van der Waals surface area contributed by atoms with Crippen molar-refractivity contribution in [1.82, 2.24) is 9.47 Å². The van der Waals surface area contributed by atoms with Gasteiger partial charge >= 0.3 is 0 Å². The molecule has 2 unspecified atom stereocenters. The van der Waals surface area contributed by atoms with Gasteiger partial charge in [0.1, 0.15) is 0 Å². The van der Waals surface area contributed by atoms with Gasteiger partial charge in [-0.15, -0.1) is 0 Å². The van der Waals surface area contributed by atoms with Crippen LogP contribution >= 0.6 is 0 Å². The zero-order valence-corrected chi connectivity index (χ0v) is 16.3. The summed E-state index contributed by atoms with van der Waals surface area (Å²) in [5, 5.41) is 1.14. The molecule has 0 aliphatic carbocycles. The first-order chi connectivity index (χ1) is 13.7. The molecule has 1 aromatic heterocycles. The van der Waals surface area contributed by atoms with E-state index < -0.39 is 0 Å². The number of aromatic nitrogens is 1. The molecule has 0 spiro atoms. The number of carbonyl (C=O) groups excluding carboxylic acids is 1.